The molecule has 1 aliphatic rings. The Morgan fingerprint density at radius 1 is 1.12 bits per heavy atom. The Morgan fingerprint density at radius 2 is 1.79 bits per heavy atom. The van der Waals surface area contributed by atoms with Crippen molar-refractivity contribution in [1.29, 1.82) is 0 Å². The topological polar surface area (TPSA) is 50.7 Å². The highest BCUT2D eigenvalue weighted by Crippen LogP contribution is 2.33. The van der Waals surface area contributed by atoms with Crippen molar-refractivity contribution in [3.05, 3.63) is 58.2 Å². The van der Waals surface area contributed by atoms with Crippen LogP contribution < -0.4 is 5.32 Å². The fourth-order valence-corrected chi connectivity index (χ4v) is 2.99. The van der Waals surface area contributed by atoms with E-state index in [-0.39, 0.29) is 5.91 Å². The molecule has 0 radical (unpaired) electrons. The molecule has 0 aromatic heterocycles. The van der Waals surface area contributed by atoms with Gasteiger partial charge < -0.3 is 10.2 Å². The quantitative estimate of drug-likeness (QED) is 0.491. The minimum absolute atomic E-state index is 0.198. The third-order valence-corrected chi connectivity index (χ3v) is 4.54. The van der Waals surface area contributed by atoms with E-state index in [4.69, 9.17) is 4.84 Å². The molecule has 4 nitrogen and oxygen atoms in total. The van der Waals surface area contributed by atoms with E-state index in [1.165, 1.54) is 29.4 Å². The number of allylic oxidation sites excluding steroid dienone is 3. The molecule has 2 rings (SSSR count). The van der Waals surface area contributed by atoms with Crippen LogP contribution in [0, 0.1) is 0 Å². The SMILES string of the molecule is CNC(=O)/C(=N/OC)C1=C(CCc2ccccc2)CC(C)=C(C)C1. The first-order valence-electron chi connectivity index (χ1n) is 8.30. The predicted molar refractivity (Wildman–Crippen MR) is 97.9 cm³/mol. The van der Waals surface area contributed by atoms with Crippen LogP contribution in [0.2, 0.25) is 0 Å². The summed E-state index contributed by atoms with van der Waals surface area (Å²) in [5.41, 5.74) is 6.68. The number of nitrogens with one attached hydrogen (secondary N) is 1. The number of aryl methyl sites for hydroxylation is 1. The second-order valence-electron chi connectivity index (χ2n) is 6.18. The summed E-state index contributed by atoms with van der Waals surface area (Å²) >= 11 is 0. The lowest BCUT2D eigenvalue weighted by atomic mass is 9.82. The summed E-state index contributed by atoms with van der Waals surface area (Å²) in [6.45, 7) is 4.29. The van der Waals surface area contributed by atoms with Crippen LogP contribution in [0.15, 0.2) is 57.8 Å². The van der Waals surface area contributed by atoms with Gasteiger partial charge in [0.15, 0.2) is 5.71 Å². The summed E-state index contributed by atoms with van der Waals surface area (Å²) in [5.74, 6) is -0.198. The molecule has 0 saturated heterocycles. The van der Waals surface area contributed by atoms with E-state index in [2.05, 4.69) is 48.6 Å². The summed E-state index contributed by atoms with van der Waals surface area (Å²) in [6, 6.07) is 10.4. The standard InChI is InChI=1S/C20H26N2O2/c1-14-12-17(11-10-16-8-6-5-7-9-16)18(13-15(14)2)19(22-24-4)20(23)21-3/h5-9H,10-13H2,1-4H3,(H,21,23)/b22-19+. The van der Waals surface area contributed by atoms with Crippen LogP contribution >= 0.6 is 0 Å². The average molecular weight is 326 g/mol. The molecule has 0 heterocycles. The fraction of sp³-hybridized carbons (Fsp3) is 0.400. The number of carbonyl (C=O) groups excluding carboxylic acids is 1. The van der Waals surface area contributed by atoms with E-state index in [1.54, 1.807) is 7.05 Å². The van der Waals surface area contributed by atoms with Crippen molar-refractivity contribution in [2.75, 3.05) is 14.2 Å². The highest BCUT2D eigenvalue weighted by Gasteiger charge is 2.24. The average Bonchev–Trinajstić information content (AvgIpc) is 2.60. The summed E-state index contributed by atoms with van der Waals surface area (Å²) in [4.78, 5) is 17.2. The monoisotopic (exact) mass is 326 g/mol. The van der Waals surface area contributed by atoms with E-state index < -0.39 is 0 Å². The van der Waals surface area contributed by atoms with E-state index >= 15 is 0 Å². The van der Waals surface area contributed by atoms with E-state index in [0.717, 1.165) is 31.3 Å². The number of hydrogen-bond acceptors (Lipinski definition) is 3. The molecule has 1 aromatic carbocycles. The van der Waals surface area contributed by atoms with Gasteiger partial charge in [0.05, 0.1) is 0 Å². The van der Waals surface area contributed by atoms with Gasteiger partial charge in [0.2, 0.25) is 0 Å². The van der Waals surface area contributed by atoms with Gasteiger partial charge in [-0.2, -0.15) is 0 Å². The highest BCUT2D eigenvalue weighted by atomic mass is 16.6. The number of hydrogen-bond donors (Lipinski definition) is 1. The summed E-state index contributed by atoms with van der Waals surface area (Å²) in [5, 5.41) is 6.68. The second kappa shape index (κ2) is 8.48. The smallest absolute Gasteiger partial charge is 0.273 e. The van der Waals surface area contributed by atoms with E-state index in [0.29, 0.717) is 5.71 Å². The Bertz CT molecular complexity index is 685. The Kier molecular flexibility index (Phi) is 6.36. The van der Waals surface area contributed by atoms with Gasteiger partial charge in [-0.3, -0.25) is 4.79 Å². The molecule has 1 N–H and O–H groups in total. The molecule has 1 aliphatic carbocycles. The number of rotatable bonds is 6. The van der Waals surface area contributed by atoms with Gasteiger partial charge in [0.1, 0.15) is 7.11 Å². The van der Waals surface area contributed by atoms with Crippen LogP contribution in [0.3, 0.4) is 0 Å². The molecule has 4 heteroatoms. The minimum atomic E-state index is -0.198. The van der Waals surface area contributed by atoms with Gasteiger partial charge in [-0.25, -0.2) is 0 Å². The van der Waals surface area contributed by atoms with Crippen LogP contribution in [0.4, 0.5) is 0 Å². The zero-order valence-corrected chi connectivity index (χ0v) is 15.0. The molecule has 1 amide bonds. The maximum absolute atomic E-state index is 12.2. The first-order chi connectivity index (χ1) is 11.6. The lowest BCUT2D eigenvalue weighted by molar-refractivity contribution is -0.114. The second-order valence-corrected chi connectivity index (χ2v) is 6.18. The molecule has 0 saturated carbocycles. The van der Waals surface area contributed by atoms with Gasteiger partial charge in [0, 0.05) is 7.05 Å². The van der Waals surface area contributed by atoms with Crippen molar-refractivity contribution in [3.63, 3.8) is 0 Å². The molecule has 24 heavy (non-hydrogen) atoms. The molecule has 0 aliphatic heterocycles. The number of benzene rings is 1. The van der Waals surface area contributed by atoms with Gasteiger partial charge >= 0.3 is 0 Å². The van der Waals surface area contributed by atoms with Crippen LogP contribution in [0.1, 0.15) is 38.7 Å². The van der Waals surface area contributed by atoms with Crippen molar-refractivity contribution < 1.29 is 9.63 Å². The lowest BCUT2D eigenvalue weighted by Gasteiger charge is -2.23. The third kappa shape index (κ3) is 4.34. The molecular weight excluding hydrogens is 300 g/mol. The lowest BCUT2D eigenvalue weighted by Crippen LogP contribution is -2.30. The Morgan fingerprint density at radius 3 is 2.42 bits per heavy atom. The van der Waals surface area contributed by atoms with Crippen molar-refractivity contribution in [2.24, 2.45) is 5.16 Å². The molecular formula is C20H26N2O2. The largest absolute Gasteiger partial charge is 0.398 e. The van der Waals surface area contributed by atoms with Gasteiger partial charge in [0.25, 0.3) is 5.91 Å². The normalized spacial score (nSPS) is 15.6. The van der Waals surface area contributed by atoms with Crippen LogP contribution in [0.5, 0.6) is 0 Å². The van der Waals surface area contributed by atoms with Crippen LogP contribution in [0.25, 0.3) is 0 Å². The molecule has 1 aromatic rings. The molecule has 0 unspecified atom stereocenters. The zero-order valence-electron chi connectivity index (χ0n) is 15.0. The minimum Gasteiger partial charge on any atom is -0.398 e. The molecule has 0 bridgehead atoms. The fourth-order valence-electron chi connectivity index (χ4n) is 2.99. The summed E-state index contributed by atoms with van der Waals surface area (Å²) < 4.78 is 0. The number of amides is 1. The summed E-state index contributed by atoms with van der Waals surface area (Å²) in [7, 11) is 3.10. The van der Waals surface area contributed by atoms with Crippen molar-refractivity contribution in [1.82, 2.24) is 5.32 Å². The first-order valence-corrected chi connectivity index (χ1v) is 8.30. The maximum Gasteiger partial charge on any atom is 0.273 e. The van der Waals surface area contributed by atoms with Gasteiger partial charge in [-0.05, 0) is 50.7 Å². The van der Waals surface area contributed by atoms with Gasteiger partial charge in [-0.15, -0.1) is 0 Å². The van der Waals surface area contributed by atoms with Crippen molar-refractivity contribution in [3.8, 4) is 0 Å². The molecule has 0 atom stereocenters. The Balaban J connectivity index is 2.31. The number of nitrogens with zero attached hydrogens (tertiary/aromatic N) is 1. The van der Waals surface area contributed by atoms with E-state index in [9.17, 15) is 4.79 Å². The number of oxime groups is 1. The Hall–Kier alpha value is -2.36. The highest BCUT2D eigenvalue weighted by molar-refractivity contribution is 6.45. The van der Waals surface area contributed by atoms with E-state index in [1.807, 2.05) is 6.07 Å². The first kappa shape index (κ1) is 18.0. The predicted octanol–water partition coefficient (Wildman–Crippen LogP) is 3.79. The van der Waals surface area contributed by atoms with Crippen molar-refractivity contribution >= 4 is 11.6 Å². The maximum atomic E-state index is 12.2. The van der Waals surface area contributed by atoms with Crippen LogP contribution in [-0.4, -0.2) is 25.8 Å². The van der Waals surface area contributed by atoms with Gasteiger partial charge in [-0.1, -0.05) is 52.2 Å². The van der Waals surface area contributed by atoms with Crippen molar-refractivity contribution in [2.45, 2.75) is 39.5 Å². The molecule has 128 valence electrons. The number of carbonyl (C=O) groups is 1. The molecule has 0 spiro atoms. The molecule has 0 fully saturated rings. The zero-order chi connectivity index (χ0) is 17.5. The van der Waals surface area contributed by atoms with Crippen LogP contribution in [-0.2, 0) is 16.1 Å². The Labute approximate surface area is 144 Å². The summed E-state index contributed by atoms with van der Waals surface area (Å²) in [6.07, 6.45) is 3.53. The third-order valence-electron chi connectivity index (χ3n) is 4.54.